The Hall–Kier alpha value is -2.33. The van der Waals surface area contributed by atoms with E-state index in [4.69, 9.17) is 4.42 Å². The number of fused-ring (bicyclic) bond motifs is 4. The van der Waals surface area contributed by atoms with E-state index in [1.807, 2.05) is 6.07 Å². The third-order valence-electron chi connectivity index (χ3n) is 4.50. The monoisotopic (exact) mass is 420 g/mol. The molecule has 0 radical (unpaired) electrons. The third kappa shape index (κ3) is 2.13. The molecular weight excluding hydrogens is 407 g/mol. The molecule has 5 aromatic rings. The number of rotatable bonds is 1. The van der Waals surface area contributed by atoms with E-state index in [-0.39, 0.29) is 0 Å². The first-order valence-corrected chi connectivity index (χ1v) is 8.97. The van der Waals surface area contributed by atoms with Gasteiger partial charge >= 0.3 is 0 Å². The molecule has 0 aliphatic carbocycles. The molecule has 1 nitrogen and oxygen atoms in total. The lowest BCUT2D eigenvalue weighted by atomic mass is 10.0. The lowest BCUT2D eigenvalue weighted by molar-refractivity contribution is 0.667. The summed E-state index contributed by atoms with van der Waals surface area (Å²) in [5.74, 6) is 0. The SMILES string of the molecule is Ic1cc(-c2ccccc2)cc2c1oc1cc3ccccc3cc12. The summed E-state index contributed by atoms with van der Waals surface area (Å²) in [5.41, 5.74) is 4.38. The van der Waals surface area contributed by atoms with Crippen LogP contribution in [0.15, 0.2) is 83.3 Å². The summed E-state index contributed by atoms with van der Waals surface area (Å²) in [6.07, 6.45) is 0. The van der Waals surface area contributed by atoms with E-state index in [0.717, 1.165) is 14.7 Å². The Bertz CT molecular complexity index is 1200. The minimum atomic E-state index is 0.951. The lowest BCUT2D eigenvalue weighted by Gasteiger charge is -2.03. The predicted molar refractivity (Wildman–Crippen MR) is 109 cm³/mol. The summed E-state index contributed by atoms with van der Waals surface area (Å²) in [6, 6.07) is 27.7. The second-order valence-corrected chi connectivity index (χ2v) is 7.16. The number of hydrogen-bond donors (Lipinski definition) is 0. The Labute approximate surface area is 153 Å². The first-order valence-electron chi connectivity index (χ1n) is 7.89. The van der Waals surface area contributed by atoms with Crippen LogP contribution in [0.1, 0.15) is 0 Å². The molecule has 0 amide bonds. The van der Waals surface area contributed by atoms with Gasteiger partial charge in [-0.2, -0.15) is 0 Å². The quantitative estimate of drug-likeness (QED) is 0.266. The van der Waals surface area contributed by atoms with Gasteiger partial charge < -0.3 is 4.42 Å². The van der Waals surface area contributed by atoms with Crippen molar-refractivity contribution in [1.82, 2.24) is 0 Å². The zero-order valence-electron chi connectivity index (χ0n) is 12.8. The van der Waals surface area contributed by atoms with Crippen molar-refractivity contribution in [1.29, 1.82) is 0 Å². The van der Waals surface area contributed by atoms with Gasteiger partial charge in [-0.1, -0.05) is 54.6 Å². The van der Waals surface area contributed by atoms with Crippen LogP contribution in [0.4, 0.5) is 0 Å². The van der Waals surface area contributed by atoms with Crippen LogP contribution in [0.3, 0.4) is 0 Å². The molecule has 0 fully saturated rings. The number of furan rings is 1. The average molecular weight is 420 g/mol. The maximum absolute atomic E-state index is 6.17. The Morgan fingerprint density at radius 1 is 0.625 bits per heavy atom. The first-order chi connectivity index (χ1) is 11.8. The second-order valence-electron chi connectivity index (χ2n) is 6.00. The van der Waals surface area contributed by atoms with Gasteiger partial charge in [0.2, 0.25) is 0 Å². The number of halogens is 1. The fraction of sp³-hybridized carbons (Fsp3) is 0. The minimum Gasteiger partial charge on any atom is -0.455 e. The molecule has 0 unspecified atom stereocenters. The van der Waals surface area contributed by atoms with Crippen molar-refractivity contribution in [3.63, 3.8) is 0 Å². The minimum absolute atomic E-state index is 0.951. The highest BCUT2D eigenvalue weighted by atomic mass is 127. The van der Waals surface area contributed by atoms with Crippen molar-refractivity contribution in [3.05, 3.63) is 82.4 Å². The van der Waals surface area contributed by atoms with Crippen LogP contribution in [0.5, 0.6) is 0 Å². The molecule has 2 heteroatoms. The fourth-order valence-corrected chi connectivity index (χ4v) is 4.05. The molecule has 0 aliphatic rings. The summed E-state index contributed by atoms with van der Waals surface area (Å²) in [4.78, 5) is 0. The summed E-state index contributed by atoms with van der Waals surface area (Å²) < 4.78 is 7.32. The van der Waals surface area contributed by atoms with Crippen LogP contribution < -0.4 is 0 Å². The average Bonchev–Trinajstić information content (AvgIpc) is 2.99. The third-order valence-corrected chi connectivity index (χ3v) is 5.30. The molecule has 5 rings (SSSR count). The summed E-state index contributed by atoms with van der Waals surface area (Å²) >= 11 is 2.37. The molecular formula is C22H13IO. The van der Waals surface area contributed by atoms with Crippen LogP contribution >= 0.6 is 22.6 Å². The van der Waals surface area contributed by atoms with Crippen molar-refractivity contribution in [2.75, 3.05) is 0 Å². The maximum atomic E-state index is 6.17. The van der Waals surface area contributed by atoms with Crippen LogP contribution in [-0.2, 0) is 0 Å². The zero-order chi connectivity index (χ0) is 16.1. The Balaban J connectivity index is 1.88. The normalized spacial score (nSPS) is 11.5. The van der Waals surface area contributed by atoms with E-state index in [2.05, 4.69) is 95.4 Å². The van der Waals surface area contributed by atoms with E-state index < -0.39 is 0 Å². The van der Waals surface area contributed by atoms with Crippen LogP contribution in [0, 0.1) is 3.57 Å². The maximum Gasteiger partial charge on any atom is 0.148 e. The van der Waals surface area contributed by atoms with Gasteiger partial charge in [-0.15, -0.1) is 0 Å². The molecule has 1 heterocycles. The Morgan fingerprint density at radius 3 is 2.12 bits per heavy atom. The van der Waals surface area contributed by atoms with Gasteiger partial charge in [-0.05, 0) is 68.8 Å². The van der Waals surface area contributed by atoms with E-state index in [1.54, 1.807) is 0 Å². The second kappa shape index (κ2) is 5.35. The van der Waals surface area contributed by atoms with Gasteiger partial charge in [0.1, 0.15) is 11.2 Å². The van der Waals surface area contributed by atoms with Crippen LogP contribution in [0.2, 0.25) is 0 Å². The molecule has 0 spiro atoms. The van der Waals surface area contributed by atoms with Crippen molar-refractivity contribution in [2.24, 2.45) is 0 Å². The van der Waals surface area contributed by atoms with Crippen LogP contribution in [0.25, 0.3) is 43.8 Å². The first kappa shape index (κ1) is 14.1. The highest BCUT2D eigenvalue weighted by Crippen LogP contribution is 2.37. The van der Waals surface area contributed by atoms with E-state index in [0.29, 0.717) is 0 Å². The van der Waals surface area contributed by atoms with Gasteiger partial charge in [-0.25, -0.2) is 0 Å². The van der Waals surface area contributed by atoms with Gasteiger partial charge in [-0.3, -0.25) is 0 Å². The van der Waals surface area contributed by atoms with Crippen molar-refractivity contribution in [3.8, 4) is 11.1 Å². The molecule has 24 heavy (non-hydrogen) atoms. The largest absolute Gasteiger partial charge is 0.455 e. The van der Waals surface area contributed by atoms with Crippen molar-refractivity contribution in [2.45, 2.75) is 0 Å². The number of benzene rings is 4. The molecule has 4 aromatic carbocycles. The van der Waals surface area contributed by atoms with Crippen molar-refractivity contribution >= 4 is 55.3 Å². The van der Waals surface area contributed by atoms with Gasteiger partial charge in [0.05, 0.1) is 3.57 Å². The topological polar surface area (TPSA) is 13.1 Å². The van der Waals surface area contributed by atoms with Gasteiger partial charge in [0, 0.05) is 10.8 Å². The zero-order valence-corrected chi connectivity index (χ0v) is 14.9. The van der Waals surface area contributed by atoms with Gasteiger partial charge in [0.15, 0.2) is 0 Å². The van der Waals surface area contributed by atoms with Crippen molar-refractivity contribution < 1.29 is 4.42 Å². The summed E-state index contributed by atoms with van der Waals surface area (Å²) in [7, 11) is 0. The summed E-state index contributed by atoms with van der Waals surface area (Å²) in [6.45, 7) is 0. The highest BCUT2D eigenvalue weighted by Gasteiger charge is 2.13. The molecule has 0 saturated heterocycles. The summed E-state index contributed by atoms with van der Waals surface area (Å²) in [5, 5.41) is 4.82. The van der Waals surface area contributed by atoms with Gasteiger partial charge in [0.25, 0.3) is 0 Å². The van der Waals surface area contributed by atoms with E-state index in [9.17, 15) is 0 Å². The lowest BCUT2D eigenvalue weighted by Crippen LogP contribution is -1.80. The predicted octanol–water partition coefficient (Wildman–Crippen LogP) is 7.01. The van der Waals surface area contributed by atoms with E-state index in [1.165, 1.54) is 32.7 Å². The standard InChI is InChI=1S/C22H13IO/c23-20-12-17(14-6-2-1-3-7-14)11-19-18-10-15-8-4-5-9-16(15)13-21(18)24-22(19)20/h1-13H. The Morgan fingerprint density at radius 2 is 1.33 bits per heavy atom. The van der Waals surface area contributed by atoms with Crippen LogP contribution in [-0.4, -0.2) is 0 Å². The fourth-order valence-electron chi connectivity index (χ4n) is 3.32. The molecule has 0 N–H and O–H groups in total. The number of hydrogen-bond acceptors (Lipinski definition) is 1. The molecule has 0 aliphatic heterocycles. The highest BCUT2D eigenvalue weighted by molar-refractivity contribution is 14.1. The van der Waals surface area contributed by atoms with E-state index >= 15 is 0 Å². The smallest absolute Gasteiger partial charge is 0.148 e. The molecule has 1 aromatic heterocycles. The molecule has 114 valence electrons. The molecule has 0 atom stereocenters. The molecule has 0 saturated carbocycles. The molecule has 0 bridgehead atoms. The Kier molecular flexibility index (Phi) is 3.13.